The van der Waals surface area contributed by atoms with Gasteiger partial charge in [0.1, 0.15) is 5.52 Å². The van der Waals surface area contributed by atoms with Crippen molar-refractivity contribution in [2.45, 2.75) is 13.1 Å². The van der Waals surface area contributed by atoms with Crippen molar-refractivity contribution in [1.29, 1.82) is 0 Å². The van der Waals surface area contributed by atoms with E-state index in [1.165, 1.54) is 0 Å². The number of aromatic nitrogens is 4. The Kier molecular flexibility index (Phi) is 4.82. The Morgan fingerprint density at radius 3 is 2.52 bits per heavy atom. The van der Waals surface area contributed by atoms with E-state index in [2.05, 4.69) is 15.3 Å². The fraction of sp³-hybridized carbons (Fsp3) is 0.143. The van der Waals surface area contributed by atoms with Gasteiger partial charge in [-0.25, -0.2) is 4.79 Å². The number of aryl methyl sites for hydroxylation is 1. The zero-order valence-electron chi connectivity index (χ0n) is 15.8. The zero-order valence-corrected chi connectivity index (χ0v) is 15.8. The maximum absolute atomic E-state index is 13.0. The van der Waals surface area contributed by atoms with Crippen molar-refractivity contribution in [2.24, 2.45) is 7.05 Å². The van der Waals surface area contributed by atoms with Gasteiger partial charge in [0.15, 0.2) is 0 Å². The number of hydrogen-bond acceptors (Lipinski definition) is 4. The molecule has 146 valence electrons. The number of rotatable bonds is 5. The summed E-state index contributed by atoms with van der Waals surface area (Å²) < 4.78 is 2.70. The molecule has 0 fully saturated rings. The van der Waals surface area contributed by atoms with Crippen molar-refractivity contribution in [2.75, 3.05) is 0 Å². The van der Waals surface area contributed by atoms with Gasteiger partial charge in [0, 0.05) is 32.2 Å². The van der Waals surface area contributed by atoms with Gasteiger partial charge in [-0.05, 0) is 23.3 Å². The number of benzene rings is 1. The fourth-order valence-corrected chi connectivity index (χ4v) is 3.27. The Labute approximate surface area is 165 Å². The quantitative estimate of drug-likeness (QED) is 0.539. The summed E-state index contributed by atoms with van der Waals surface area (Å²) in [6.45, 7) is 0.465. The molecule has 0 unspecified atom stereocenters. The number of carbonyl (C=O) groups excluding carboxylic acids is 1. The van der Waals surface area contributed by atoms with Crippen LogP contribution in [-0.2, 0) is 20.1 Å². The molecule has 0 aliphatic heterocycles. The molecule has 3 aromatic heterocycles. The molecule has 8 nitrogen and oxygen atoms in total. The van der Waals surface area contributed by atoms with Gasteiger partial charge in [-0.1, -0.05) is 30.3 Å². The molecule has 4 rings (SSSR count). The monoisotopic (exact) mass is 389 g/mol. The van der Waals surface area contributed by atoms with E-state index in [1.54, 1.807) is 42.3 Å². The number of hydrogen-bond donors (Lipinski definition) is 2. The van der Waals surface area contributed by atoms with Gasteiger partial charge in [-0.2, -0.15) is 0 Å². The van der Waals surface area contributed by atoms with Crippen molar-refractivity contribution in [1.82, 2.24) is 24.4 Å². The highest BCUT2D eigenvalue weighted by Gasteiger charge is 2.19. The van der Waals surface area contributed by atoms with E-state index >= 15 is 0 Å². The predicted octanol–water partition coefficient (Wildman–Crippen LogP) is 1.40. The minimum atomic E-state index is -0.555. The van der Waals surface area contributed by atoms with E-state index in [-0.39, 0.29) is 29.0 Å². The molecule has 0 saturated carbocycles. The highest BCUT2D eigenvalue weighted by Crippen LogP contribution is 2.14. The number of H-pyrrole nitrogens is 1. The first-order valence-electron chi connectivity index (χ1n) is 9.08. The summed E-state index contributed by atoms with van der Waals surface area (Å²) in [5, 5.41) is 2.80. The first-order chi connectivity index (χ1) is 14.0. The molecule has 0 radical (unpaired) electrons. The molecule has 0 saturated heterocycles. The summed E-state index contributed by atoms with van der Waals surface area (Å²) in [7, 11) is 1.68. The van der Waals surface area contributed by atoms with Gasteiger partial charge in [-0.15, -0.1) is 0 Å². The second-order valence-corrected chi connectivity index (χ2v) is 6.72. The normalized spacial score (nSPS) is 10.9. The van der Waals surface area contributed by atoms with E-state index in [9.17, 15) is 14.4 Å². The van der Waals surface area contributed by atoms with Gasteiger partial charge >= 0.3 is 5.69 Å². The maximum Gasteiger partial charge on any atom is 0.329 e. The second-order valence-electron chi connectivity index (χ2n) is 6.72. The van der Waals surface area contributed by atoms with Crippen LogP contribution in [0.2, 0.25) is 0 Å². The molecule has 0 aliphatic rings. The minimum Gasteiger partial charge on any atom is -0.348 e. The van der Waals surface area contributed by atoms with E-state index in [0.29, 0.717) is 6.54 Å². The molecular weight excluding hydrogens is 370 g/mol. The van der Waals surface area contributed by atoms with Crippen molar-refractivity contribution >= 4 is 16.9 Å². The zero-order chi connectivity index (χ0) is 20.4. The Bertz CT molecular complexity index is 1290. The number of nitrogens with zero attached hydrogens (tertiary/aromatic N) is 3. The Morgan fingerprint density at radius 2 is 1.79 bits per heavy atom. The lowest BCUT2D eigenvalue weighted by molar-refractivity contribution is 0.0952. The van der Waals surface area contributed by atoms with Crippen LogP contribution in [0.3, 0.4) is 0 Å². The Morgan fingerprint density at radius 1 is 1.07 bits per heavy atom. The Balaban J connectivity index is 1.70. The van der Waals surface area contributed by atoms with Crippen molar-refractivity contribution < 1.29 is 4.79 Å². The molecule has 29 heavy (non-hydrogen) atoms. The number of aromatic amines is 1. The first-order valence-corrected chi connectivity index (χ1v) is 9.08. The summed E-state index contributed by atoms with van der Waals surface area (Å²) in [6.07, 6.45) is 4.84. The van der Waals surface area contributed by atoms with Crippen LogP contribution in [0.4, 0.5) is 0 Å². The van der Waals surface area contributed by atoms with Crippen LogP contribution in [0.5, 0.6) is 0 Å². The largest absolute Gasteiger partial charge is 0.348 e. The maximum atomic E-state index is 13.0. The molecule has 0 spiro atoms. The van der Waals surface area contributed by atoms with Gasteiger partial charge < -0.3 is 14.9 Å². The molecule has 2 N–H and O–H groups in total. The van der Waals surface area contributed by atoms with Gasteiger partial charge in [-0.3, -0.25) is 19.1 Å². The lowest BCUT2D eigenvalue weighted by atomic mass is 10.2. The van der Waals surface area contributed by atoms with Crippen LogP contribution in [0, 0.1) is 0 Å². The second kappa shape index (κ2) is 7.59. The molecule has 8 heteroatoms. The van der Waals surface area contributed by atoms with Crippen molar-refractivity contribution in [3.05, 3.63) is 98.6 Å². The molecule has 0 bridgehead atoms. The third-order valence-electron chi connectivity index (χ3n) is 4.74. The molecular formula is C21H19N5O3. The third-order valence-corrected chi connectivity index (χ3v) is 4.74. The van der Waals surface area contributed by atoms with Crippen LogP contribution < -0.4 is 16.6 Å². The number of fused-ring (bicyclic) bond motifs is 1. The minimum absolute atomic E-state index is 0.152. The first kappa shape index (κ1) is 18.4. The summed E-state index contributed by atoms with van der Waals surface area (Å²) in [6, 6.07) is 12.9. The lowest BCUT2D eigenvalue weighted by Crippen LogP contribution is -2.36. The standard InChI is InChI=1S/C21H19N5O3/c1-25-13-16(19(27)23-11-14-7-9-22-10-8-14)17-18(25)20(28)26(21(29)24-17)12-15-5-3-2-4-6-15/h2-10,13H,11-12H2,1H3,(H,23,27)(H,24,29). The Hall–Kier alpha value is -3.94. The van der Waals surface area contributed by atoms with Gasteiger partial charge in [0.05, 0.1) is 17.6 Å². The number of nitrogens with one attached hydrogen (secondary N) is 2. The van der Waals surface area contributed by atoms with E-state index < -0.39 is 11.2 Å². The van der Waals surface area contributed by atoms with Gasteiger partial charge in [0.25, 0.3) is 11.5 Å². The topological polar surface area (TPSA) is 102 Å². The summed E-state index contributed by atoms with van der Waals surface area (Å²) >= 11 is 0. The molecule has 3 heterocycles. The molecule has 0 atom stereocenters. The highest BCUT2D eigenvalue weighted by atomic mass is 16.2. The van der Waals surface area contributed by atoms with Crippen LogP contribution >= 0.6 is 0 Å². The molecule has 0 aliphatic carbocycles. The molecule has 1 amide bonds. The van der Waals surface area contributed by atoms with Crippen LogP contribution in [0.25, 0.3) is 11.0 Å². The predicted molar refractivity (Wildman–Crippen MR) is 109 cm³/mol. The van der Waals surface area contributed by atoms with E-state index in [4.69, 9.17) is 0 Å². The summed E-state index contributed by atoms with van der Waals surface area (Å²) in [4.78, 5) is 44.9. The fourth-order valence-electron chi connectivity index (χ4n) is 3.27. The average Bonchev–Trinajstić information content (AvgIpc) is 3.07. The van der Waals surface area contributed by atoms with Crippen LogP contribution in [-0.4, -0.2) is 25.0 Å². The average molecular weight is 389 g/mol. The van der Waals surface area contributed by atoms with Crippen LogP contribution in [0.15, 0.2) is 70.6 Å². The van der Waals surface area contributed by atoms with Crippen molar-refractivity contribution in [3.8, 4) is 0 Å². The SMILES string of the molecule is Cn1cc(C(=O)NCc2ccncc2)c2[nH]c(=O)n(Cc3ccccc3)c(=O)c21. The van der Waals surface area contributed by atoms with Crippen LogP contribution in [0.1, 0.15) is 21.5 Å². The molecule has 4 aromatic rings. The third kappa shape index (κ3) is 3.60. The summed E-state index contributed by atoms with van der Waals surface area (Å²) in [5.41, 5.74) is 1.49. The number of carbonyl (C=O) groups is 1. The summed E-state index contributed by atoms with van der Waals surface area (Å²) in [5.74, 6) is -0.372. The lowest BCUT2D eigenvalue weighted by Gasteiger charge is -2.07. The smallest absolute Gasteiger partial charge is 0.329 e. The number of pyridine rings is 1. The molecule has 1 aromatic carbocycles. The highest BCUT2D eigenvalue weighted by molar-refractivity contribution is 6.05. The van der Waals surface area contributed by atoms with E-state index in [0.717, 1.165) is 15.7 Å². The van der Waals surface area contributed by atoms with Crippen molar-refractivity contribution in [3.63, 3.8) is 0 Å². The van der Waals surface area contributed by atoms with E-state index in [1.807, 2.05) is 30.3 Å². The van der Waals surface area contributed by atoms with Gasteiger partial charge in [0.2, 0.25) is 0 Å². The number of amides is 1.